The van der Waals surface area contributed by atoms with Gasteiger partial charge in [-0.3, -0.25) is 4.79 Å². The molecule has 1 unspecified atom stereocenters. The Kier molecular flexibility index (Phi) is 2.12. The van der Waals surface area contributed by atoms with Gasteiger partial charge in [0.25, 0.3) is 0 Å². The Balaban J connectivity index is 2.50. The van der Waals surface area contributed by atoms with Crippen LogP contribution >= 0.6 is 0 Å². The van der Waals surface area contributed by atoms with Gasteiger partial charge < -0.3 is 4.74 Å². The van der Waals surface area contributed by atoms with Crippen molar-refractivity contribution in [2.45, 2.75) is 20.0 Å². The monoisotopic (exact) mass is 188 g/mol. The summed E-state index contributed by atoms with van der Waals surface area (Å²) < 4.78 is 5.66. The van der Waals surface area contributed by atoms with Crippen LogP contribution in [-0.4, -0.2) is 12.4 Å². The molecule has 72 valence electrons. The number of ether oxygens (including phenoxy) is 1. The highest BCUT2D eigenvalue weighted by atomic mass is 16.5. The fourth-order valence-electron chi connectivity index (χ4n) is 1.51. The molecule has 0 aliphatic carbocycles. The van der Waals surface area contributed by atoms with Gasteiger partial charge in [-0.1, -0.05) is 0 Å². The van der Waals surface area contributed by atoms with Crippen LogP contribution in [0.15, 0.2) is 23.8 Å². The number of hydrogen-bond acceptors (Lipinski definition) is 2. The molecule has 1 aromatic carbocycles. The third-order valence-electron chi connectivity index (χ3n) is 2.50. The molecule has 1 aliphatic rings. The topological polar surface area (TPSA) is 26.3 Å². The van der Waals surface area contributed by atoms with Crippen molar-refractivity contribution in [2.24, 2.45) is 0 Å². The number of rotatable bonds is 1. The molecule has 1 heterocycles. The summed E-state index contributed by atoms with van der Waals surface area (Å²) in [6, 6.07) is 5.46. The number of hydrogen-bond donors (Lipinski definition) is 0. The minimum Gasteiger partial charge on any atom is -0.486 e. The van der Waals surface area contributed by atoms with E-state index in [1.165, 1.54) is 5.57 Å². The second-order valence-corrected chi connectivity index (χ2v) is 3.56. The summed E-state index contributed by atoms with van der Waals surface area (Å²) in [4.78, 5) is 10.6. The van der Waals surface area contributed by atoms with Crippen LogP contribution in [0.3, 0.4) is 0 Å². The lowest BCUT2D eigenvalue weighted by atomic mass is 10.0. The van der Waals surface area contributed by atoms with E-state index in [0.717, 1.165) is 17.6 Å². The van der Waals surface area contributed by atoms with E-state index in [9.17, 15) is 4.79 Å². The Bertz CT molecular complexity index is 405. The molecular formula is C12H12O2. The van der Waals surface area contributed by atoms with Gasteiger partial charge in [0.05, 0.1) is 0 Å². The van der Waals surface area contributed by atoms with Crippen LogP contribution in [0.25, 0.3) is 6.08 Å². The third kappa shape index (κ3) is 1.43. The zero-order chi connectivity index (χ0) is 10.1. The van der Waals surface area contributed by atoms with Gasteiger partial charge in [0.2, 0.25) is 0 Å². The number of carbonyl (C=O) groups excluding carboxylic acids is 1. The number of carbonyl (C=O) groups is 1. The van der Waals surface area contributed by atoms with E-state index < -0.39 is 0 Å². The molecule has 1 aliphatic heterocycles. The highest BCUT2D eigenvalue weighted by molar-refractivity contribution is 5.78. The van der Waals surface area contributed by atoms with Crippen molar-refractivity contribution in [2.75, 3.05) is 0 Å². The number of aldehydes is 1. The predicted octanol–water partition coefficient (Wildman–Crippen LogP) is 2.68. The molecule has 0 N–H and O–H groups in total. The Morgan fingerprint density at radius 3 is 2.93 bits per heavy atom. The van der Waals surface area contributed by atoms with Crippen LogP contribution in [0.1, 0.15) is 29.8 Å². The largest absolute Gasteiger partial charge is 0.486 e. The molecule has 2 heteroatoms. The zero-order valence-corrected chi connectivity index (χ0v) is 8.28. The standard InChI is InChI=1S/C12H12O2/c1-8-5-11-6-10(7-13)3-4-12(11)14-9(8)2/h3-7,9H,1-2H3. The summed E-state index contributed by atoms with van der Waals surface area (Å²) in [6.45, 7) is 4.05. The van der Waals surface area contributed by atoms with Crippen LogP contribution < -0.4 is 4.74 Å². The molecule has 14 heavy (non-hydrogen) atoms. The minimum absolute atomic E-state index is 0.129. The molecule has 0 saturated carbocycles. The Morgan fingerprint density at radius 1 is 1.43 bits per heavy atom. The normalized spacial score (nSPS) is 19.3. The maximum Gasteiger partial charge on any atom is 0.150 e. The molecular weight excluding hydrogens is 176 g/mol. The summed E-state index contributed by atoms with van der Waals surface area (Å²) in [7, 11) is 0. The van der Waals surface area contributed by atoms with Gasteiger partial charge in [-0.05, 0) is 43.7 Å². The molecule has 1 atom stereocenters. The van der Waals surface area contributed by atoms with Crippen LogP contribution in [0.2, 0.25) is 0 Å². The van der Waals surface area contributed by atoms with Gasteiger partial charge in [-0.15, -0.1) is 0 Å². The molecule has 0 saturated heterocycles. The molecule has 1 aromatic rings. The van der Waals surface area contributed by atoms with Crippen LogP contribution in [-0.2, 0) is 0 Å². The first-order valence-corrected chi connectivity index (χ1v) is 4.65. The van der Waals surface area contributed by atoms with E-state index in [-0.39, 0.29) is 6.10 Å². The molecule has 0 amide bonds. The molecule has 2 rings (SSSR count). The van der Waals surface area contributed by atoms with Crippen molar-refractivity contribution >= 4 is 12.4 Å². The van der Waals surface area contributed by atoms with Gasteiger partial charge in [0.1, 0.15) is 18.1 Å². The molecule has 0 bridgehead atoms. The van der Waals surface area contributed by atoms with Crippen molar-refractivity contribution in [3.63, 3.8) is 0 Å². The summed E-state index contributed by atoms with van der Waals surface area (Å²) in [5.41, 5.74) is 2.86. The van der Waals surface area contributed by atoms with Crippen molar-refractivity contribution in [3.05, 3.63) is 34.9 Å². The lowest BCUT2D eigenvalue weighted by molar-refractivity contribution is 0.112. The van der Waals surface area contributed by atoms with E-state index in [0.29, 0.717) is 5.56 Å². The van der Waals surface area contributed by atoms with Crippen molar-refractivity contribution in [1.82, 2.24) is 0 Å². The van der Waals surface area contributed by atoms with Gasteiger partial charge in [0.15, 0.2) is 0 Å². The highest BCUT2D eigenvalue weighted by Crippen LogP contribution is 2.29. The highest BCUT2D eigenvalue weighted by Gasteiger charge is 2.15. The summed E-state index contributed by atoms with van der Waals surface area (Å²) >= 11 is 0. The van der Waals surface area contributed by atoms with Crippen LogP contribution in [0.4, 0.5) is 0 Å². The molecule has 0 radical (unpaired) electrons. The Hall–Kier alpha value is -1.57. The Morgan fingerprint density at radius 2 is 2.21 bits per heavy atom. The second kappa shape index (κ2) is 3.29. The fourth-order valence-corrected chi connectivity index (χ4v) is 1.51. The van der Waals surface area contributed by atoms with Gasteiger partial charge in [-0.2, -0.15) is 0 Å². The van der Waals surface area contributed by atoms with Gasteiger partial charge in [0, 0.05) is 11.1 Å². The average Bonchev–Trinajstić information content (AvgIpc) is 2.19. The summed E-state index contributed by atoms with van der Waals surface area (Å²) in [5.74, 6) is 0.855. The zero-order valence-electron chi connectivity index (χ0n) is 8.28. The quantitative estimate of drug-likeness (QED) is 0.633. The number of benzene rings is 1. The SMILES string of the molecule is CC1=Cc2cc(C=O)ccc2OC1C. The van der Waals surface area contributed by atoms with Crippen molar-refractivity contribution < 1.29 is 9.53 Å². The summed E-state index contributed by atoms with van der Waals surface area (Å²) in [6.07, 6.45) is 3.04. The molecule has 0 fully saturated rings. The third-order valence-corrected chi connectivity index (χ3v) is 2.50. The maximum atomic E-state index is 10.6. The number of fused-ring (bicyclic) bond motifs is 1. The van der Waals surface area contributed by atoms with Crippen molar-refractivity contribution in [3.8, 4) is 5.75 Å². The van der Waals surface area contributed by atoms with E-state index in [4.69, 9.17) is 4.74 Å². The van der Waals surface area contributed by atoms with Crippen LogP contribution in [0.5, 0.6) is 5.75 Å². The van der Waals surface area contributed by atoms with E-state index >= 15 is 0 Å². The average molecular weight is 188 g/mol. The predicted molar refractivity (Wildman–Crippen MR) is 55.6 cm³/mol. The first-order valence-electron chi connectivity index (χ1n) is 4.65. The first kappa shape index (κ1) is 9.00. The summed E-state index contributed by atoms with van der Waals surface area (Å²) in [5, 5.41) is 0. The van der Waals surface area contributed by atoms with Crippen LogP contribution in [0, 0.1) is 0 Å². The maximum absolute atomic E-state index is 10.6. The fraction of sp³-hybridized carbons (Fsp3) is 0.250. The minimum atomic E-state index is 0.129. The lowest BCUT2D eigenvalue weighted by Crippen LogP contribution is -2.17. The smallest absolute Gasteiger partial charge is 0.150 e. The van der Waals surface area contributed by atoms with Gasteiger partial charge >= 0.3 is 0 Å². The van der Waals surface area contributed by atoms with E-state index in [1.54, 1.807) is 6.07 Å². The molecule has 0 aromatic heterocycles. The lowest BCUT2D eigenvalue weighted by Gasteiger charge is -2.22. The van der Waals surface area contributed by atoms with E-state index in [2.05, 4.69) is 6.08 Å². The van der Waals surface area contributed by atoms with Crippen molar-refractivity contribution in [1.29, 1.82) is 0 Å². The molecule has 0 spiro atoms. The van der Waals surface area contributed by atoms with Gasteiger partial charge in [-0.25, -0.2) is 0 Å². The Labute approximate surface area is 83.2 Å². The first-order chi connectivity index (χ1) is 6.70. The second-order valence-electron chi connectivity index (χ2n) is 3.56. The van der Waals surface area contributed by atoms with E-state index in [1.807, 2.05) is 26.0 Å². The molecule has 2 nitrogen and oxygen atoms in total.